The van der Waals surface area contributed by atoms with Gasteiger partial charge in [0.25, 0.3) is 5.91 Å². The second kappa shape index (κ2) is 9.87. The molecular weight excluding hydrogens is 464 g/mol. The molecule has 3 amide bonds. The van der Waals surface area contributed by atoms with E-state index in [1.807, 2.05) is 5.32 Å². The Bertz CT molecular complexity index is 1350. The minimum absolute atomic E-state index is 0.0180. The molecule has 1 saturated heterocycles. The third kappa shape index (κ3) is 4.95. The van der Waals surface area contributed by atoms with Crippen molar-refractivity contribution in [2.75, 3.05) is 37.8 Å². The summed E-state index contributed by atoms with van der Waals surface area (Å²) in [5.74, 6) is -1.39. The Kier molecular flexibility index (Phi) is 5.65. The highest BCUT2D eigenvalue weighted by molar-refractivity contribution is 5.99. The van der Waals surface area contributed by atoms with Gasteiger partial charge in [-0.1, -0.05) is 6.07 Å². The van der Waals surface area contributed by atoms with Gasteiger partial charge in [-0.15, -0.1) is 10.2 Å². The van der Waals surface area contributed by atoms with Gasteiger partial charge in [0, 0.05) is 37.3 Å². The molecule has 12 nitrogen and oxygen atoms in total. The lowest BCUT2D eigenvalue weighted by atomic mass is 10.0. The van der Waals surface area contributed by atoms with Crippen LogP contribution in [-0.4, -0.2) is 75.4 Å². The zero-order valence-corrected chi connectivity index (χ0v) is 18.6. The first-order chi connectivity index (χ1) is 17.9. The van der Waals surface area contributed by atoms with Gasteiger partial charge in [-0.3, -0.25) is 14.8 Å². The number of hydrogen-bond donors (Lipinski definition) is 3. The predicted octanol–water partition coefficient (Wildman–Crippen LogP) is 2.11. The van der Waals surface area contributed by atoms with Crippen molar-refractivity contribution in [1.82, 2.24) is 35.2 Å². The van der Waals surface area contributed by atoms with E-state index in [-0.39, 0.29) is 30.3 Å². The highest BCUT2D eigenvalue weighted by Gasteiger charge is 2.37. The van der Waals surface area contributed by atoms with Crippen LogP contribution >= 0.6 is 0 Å². The molecule has 2 aromatic heterocycles. The molecule has 1 fully saturated rings. The number of carbonyl (C=O) groups excluding carboxylic acids is 2. The number of amides is 3. The summed E-state index contributed by atoms with van der Waals surface area (Å²) in [6.45, 7) is -3.04. The molecule has 1 aliphatic heterocycles. The number of para-hydroxylation sites is 1. The van der Waals surface area contributed by atoms with Gasteiger partial charge in [-0.05, 0) is 12.1 Å². The standard InChI is InChI=1S/C21H23F2N9O3/c1-24-20(33)16-14(7-15(28-29-16)27-21(34)32-8-11(9-32)18(22)23)26-13-6-4-5-12(17(13)35-3)19-25-10-31(2)30-19/h4-7,10-11,18H,8-9H2,1-3H3,(H,24,33)(H2,26,27,28,34)/i1D3. The first-order valence-electron chi connectivity index (χ1n) is 11.8. The highest BCUT2D eigenvalue weighted by atomic mass is 19.3. The lowest BCUT2D eigenvalue weighted by Crippen LogP contribution is -2.54. The molecule has 0 unspecified atom stereocenters. The molecule has 35 heavy (non-hydrogen) atoms. The van der Waals surface area contributed by atoms with Crippen LogP contribution in [0.15, 0.2) is 30.6 Å². The van der Waals surface area contributed by atoms with Crippen LogP contribution in [0.4, 0.5) is 30.8 Å². The Morgan fingerprint density at radius 1 is 1.26 bits per heavy atom. The van der Waals surface area contributed by atoms with Gasteiger partial charge in [0.1, 0.15) is 6.33 Å². The van der Waals surface area contributed by atoms with Crippen molar-refractivity contribution in [2.45, 2.75) is 6.43 Å². The van der Waals surface area contributed by atoms with Gasteiger partial charge in [0.05, 0.1) is 30.0 Å². The van der Waals surface area contributed by atoms with E-state index in [4.69, 9.17) is 8.85 Å². The number of ether oxygens (including phenoxy) is 1. The van der Waals surface area contributed by atoms with Gasteiger partial charge in [-0.2, -0.15) is 5.10 Å². The third-order valence-electron chi connectivity index (χ3n) is 5.24. The maximum Gasteiger partial charge on any atom is 0.323 e. The molecule has 3 N–H and O–H groups in total. The monoisotopic (exact) mass is 490 g/mol. The van der Waals surface area contributed by atoms with E-state index >= 15 is 0 Å². The number of aromatic nitrogens is 5. The highest BCUT2D eigenvalue weighted by Crippen LogP contribution is 2.37. The summed E-state index contributed by atoms with van der Waals surface area (Å²) in [5.41, 5.74) is 0.460. The molecule has 0 bridgehead atoms. The number of aryl methyl sites for hydroxylation is 1. The van der Waals surface area contributed by atoms with Gasteiger partial charge in [0.2, 0.25) is 6.43 Å². The number of halogens is 2. The Labute approximate surface area is 202 Å². The third-order valence-corrected chi connectivity index (χ3v) is 5.24. The summed E-state index contributed by atoms with van der Waals surface area (Å²) >= 11 is 0. The van der Waals surface area contributed by atoms with Crippen LogP contribution in [0.5, 0.6) is 5.75 Å². The number of nitrogens with one attached hydrogen (secondary N) is 3. The van der Waals surface area contributed by atoms with Crippen LogP contribution in [0.3, 0.4) is 0 Å². The minimum atomic E-state index is -2.80. The van der Waals surface area contributed by atoms with Gasteiger partial charge < -0.3 is 20.3 Å². The molecule has 3 aromatic rings. The number of nitrogens with zero attached hydrogens (tertiary/aromatic N) is 6. The van der Waals surface area contributed by atoms with Crippen molar-refractivity contribution in [1.29, 1.82) is 0 Å². The maximum absolute atomic E-state index is 12.8. The van der Waals surface area contributed by atoms with Crippen molar-refractivity contribution < 1.29 is 27.2 Å². The fraction of sp³-hybridized carbons (Fsp3) is 0.333. The van der Waals surface area contributed by atoms with Gasteiger partial charge in [0.15, 0.2) is 23.1 Å². The Hall–Kier alpha value is -4.36. The Morgan fingerprint density at radius 3 is 2.71 bits per heavy atom. The van der Waals surface area contributed by atoms with Crippen LogP contribution in [0.25, 0.3) is 11.4 Å². The summed E-state index contributed by atoms with van der Waals surface area (Å²) in [7, 11) is 3.12. The predicted molar refractivity (Wildman–Crippen MR) is 122 cm³/mol. The fourth-order valence-electron chi connectivity index (χ4n) is 3.44. The molecule has 0 saturated carbocycles. The lowest BCUT2D eigenvalue weighted by molar-refractivity contribution is -0.00208. The van der Waals surface area contributed by atoms with E-state index in [9.17, 15) is 18.4 Å². The molecule has 3 heterocycles. The van der Waals surface area contributed by atoms with Crippen molar-refractivity contribution in [2.24, 2.45) is 13.0 Å². The molecular formula is C21H23F2N9O3. The lowest BCUT2D eigenvalue weighted by Gasteiger charge is -2.38. The second-order valence-electron chi connectivity index (χ2n) is 7.63. The first kappa shape index (κ1) is 20.1. The smallest absolute Gasteiger partial charge is 0.323 e. The summed E-state index contributed by atoms with van der Waals surface area (Å²) < 4.78 is 54.6. The molecule has 0 aliphatic carbocycles. The number of carbonyl (C=O) groups is 2. The SMILES string of the molecule is [2H]C([2H])([2H])NC(=O)c1nnc(NC(=O)N2CC(C(F)F)C2)cc1Nc1cccc(-c2ncn(C)n2)c1OC. The van der Waals surface area contributed by atoms with Crippen molar-refractivity contribution in [3.05, 3.63) is 36.3 Å². The van der Waals surface area contributed by atoms with Gasteiger partial charge in [-0.25, -0.2) is 18.6 Å². The van der Waals surface area contributed by atoms with Gasteiger partial charge >= 0.3 is 6.03 Å². The van der Waals surface area contributed by atoms with E-state index in [0.29, 0.717) is 22.8 Å². The maximum atomic E-state index is 12.8. The molecule has 4 rings (SSSR count). The average molecular weight is 490 g/mol. The van der Waals surface area contributed by atoms with Crippen LogP contribution < -0.4 is 20.7 Å². The van der Waals surface area contributed by atoms with Crippen LogP contribution in [-0.2, 0) is 7.05 Å². The molecule has 0 spiro atoms. The van der Waals surface area contributed by atoms with Crippen LogP contribution in [0.2, 0.25) is 0 Å². The average Bonchev–Trinajstić information content (AvgIpc) is 3.22. The first-order valence-corrected chi connectivity index (χ1v) is 10.3. The topological polar surface area (TPSA) is 139 Å². The molecule has 1 aliphatic rings. The summed E-state index contributed by atoms with van der Waals surface area (Å²) in [5, 5.41) is 19.1. The normalized spacial score (nSPS) is 15.0. The largest absolute Gasteiger partial charge is 0.494 e. The molecule has 0 radical (unpaired) electrons. The second-order valence-corrected chi connectivity index (χ2v) is 7.63. The zero-order valence-electron chi connectivity index (χ0n) is 21.6. The quantitative estimate of drug-likeness (QED) is 0.458. The van der Waals surface area contributed by atoms with E-state index < -0.39 is 31.3 Å². The number of urea groups is 1. The zero-order chi connectivity index (χ0) is 27.6. The number of anilines is 3. The Morgan fingerprint density at radius 2 is 2.06 bits per heavy atom. The van der Waals surface area contributed by atoms with E-state index in [2.05, 4.69) is 30.9 Å². The minimum Gasteiger partial charge on any atom is -0.494 e. The van der Waals surface area contributed by atoms with E-state index in [1.54, 1.807) is 25.2 Å². The number of methoxy groups -OCH3 is 1. The summed E-state index contributed by atoms with van der Waals surface area (Å²) in [6, 6.07) is 5.61. The number of rotatable bonds is 7. The fourth-order valence-corrected chi connectivity index (χ4v) is 3.44. The number of alkyl halides is 2. The Balaban J connectivity index is 1.66. The summed E-state index contributed by atoms with van der Waals surface area (Å²) in [6.07, 6.45) is -1.02. The number of likely N-dealkylation sites (tertiary alicyclic amines) is 1. The van der Waals surface area contributed by atoms with Crippen molar-refractivity contribution in [3.8, 4) is 17.1 Å². The molecule has 184 valence electrons. The van der Waals surface area contributed by atoms with E-state index in [1.165, 1.54) is 29.1 Å². The number of hydrogen-bond acceptors (Lipinski definition) is 8. The van der Waals surface area contributed by atoms with Crippen molar-refractivity contribution >= 4 is 29.1 Å². The van der Waals surface area contributed by atoms with Crippen molar-refractivity contribution in [3.63, 3.8) is 0 Å². The van der Waals surface area contributed by atoms with E-state index in [0.717, 1.165) is 0 Å². The molecule has 14 heteroatoms. The van der Waals surface area contributed by atoms with Crippen LogP contribution in [0.1, 0.15) is 14.6 Å². The molecule has 1 aromatic carbocycles. The number of benzene rings is 1. The van der Waals surface area contributed by atoms with Crippen LogP contribution in [0, 0.1) is 5.92 Å². The summed E-state index contributed by atoms with van der Waals surface area (Å²) in [4.78, 5) is 30.5. The molecule has 0 atom stereocenters.